The van der Waals surface area contributed by atoms with Gasteiger partial charge in [-0.3, -0.25) is 9.89 Å². The fraction of sp³-hybridized carbons (Fsp3) is 0.667. The maximum atomic E-state index is 12.2. The van der Waals surface area contributed by atoms with Gasteiger partial charge in [-0.1, -0.05) is 19.9 Å². The van der Waals surface area contributed by atoms with Gasteiger partial charge in [0.2, 0.25) is 0 Å². The quantitative estimate of drug-likeness (QED) is 0.587. The van der Waals surface area contributed by atoms with Crippen LogP contribution in [0, 0.1) is 0 Å². The second-order valence-electron chi connectivity index (χ2n) is 6.07. The molecular formula is C15H25F3N4S. The van der Waals surface area contributed by atoms with Crippen LogP contribution < -0.4 is 10.6 Å². The fourth-order valence-corrected chi connectivity index (χ4v) is 2.88. The fourth-order valence-electron chi connectivity index (χ4n) is 2.03. The molecule has 23 heavy (non-hydrogen) atoms. The van der Waals surface area contributed by atoms with E-state index in [0.29, 0.717) is 19.0 Å². The number of likely N-dealkylation sites (N-methyl/N-ethyl adjacent to an activating group) is 1. The number of alkyl halides is 3. The zero-order chi connectivity index (χ0) is 17.5. The molecule has 0 saturated carbocycles. The molecule has 0 aliphatic heterocycles. The minimum Gasteiger partial charge on any atom is -0.356 e. The topological polar surface area (TPSA) is 39.7 Å². The molecule has 1 heterocycles. The van der Waals surface area contributed by atoms with Gasteiger partial charge in [0.25, 0.3) is 0 Å². The van der Waals surface area contributed by atoms with Crippen molar-refractivity contribution in [2.75, 3.05) is 40.3 Å². The lowest BCUT2D eigenvalue weighted by Crippen LogP contribution is -2.45. The molecule has 0 bridgehead atoms. The third-order valence-corrected chi connectivity index (χ3v) is 4.58. The van der Waals surface area contributed by atoms with Crippen molar-refractivity contribution >= 4 is 17.3 Å². The van der Waals surface area contributed by atoms with Crippen molar-refractivity contribution < 1.29 is 13.2 Å². The van der Waals surface area contributed by atoms with Gasteiger partial charge >= 0.3 is 6.18 Å². The molecule has 1 rings (SSSR count). The normalized spacial score (nSPS) is 13.5. The molecule has 8 heteroatoms. The monoisotopic (exact) mass is 350 g/mol. The van der Waals surface area contributed by atoms with Crippen molar-refractivity contribution in [3.8, 4) is 0 Å². The maximum Gasteiger partial charge on any atom is 0.401 e. The summed E-state index contributed by atoms with van der Waals surface area (Å²) in [5.41, 5.74) is -0.0428. The van der Waals surface area contributed by atoms with Crippen molar-refractivity contribution in [1.29, 1.82) is 0 Å². The number of hydrogen-bond acceptors (Lipinski definition) is 3. The smallest absolute Gasteiger partial charge is 0.356 e. The third-order valence-electron chi connectivity index (χ3n) is 3.34. The van der Waals surface area contributed by atoms with Crippen molar-refractivity contribution in [3.63, 3.8) is 0 Å². The third kappa shape index (κ3) is 7.69. The summed E-state index contributed by atoms with van der Waals surface area (Å²) in [7, 11) is 3.10. The molecule has 0 spiro atoms. The van der Waals surface area contributed by atoms with Gasteiger partial charge < -0.3 is 10.6 Å². The van der Waals surface area contributed by atoms with E-state index in [1.165, 1.54) is 16.8 Å². The van der Waals surface area contributed by atoms with Gasteiger partial charge in [-0.15, -0.1) is 11.3 Å². The Kier molecular flexibility index (Phi) is 7.34. The van der Waals surface area contributed by atoms with Crippen LogP contribution in [0.1, 0.15) is 18.7 Å². The number of halogens is 3. The second kappa shape index (κ2) is 8.54. The van der Waals surface area contributed by atoms with Crippen molar-refractivity contribution in [1.82, 2.24) is 15.5 Å². The highest BCUT2D eigenvalue weighted by molar-refractivity contribution is 7.10. The summed E-state index contributed by atoms with van der Waals surface area (Å²) in [4.78, 5) is 6.60. The van der Waals surface area contributed by atoms with Crippen LogP contribution in [0.15, 0.2) is 22.5 Å². The molecule has 1 aromatic heterocycles. The minimum absolute atomic E-state index is 0.0428. The first-order valence-electron chi connectivity index (χ1n) is 7.38. The van der Waals surface area contributed by atoms with E-state index in [-0.39, 0.29) is 12.0 Å². The van der Waals surface area contributed by atoms with Gasteiger partial charge in [0.15, 0.2) is 5.96 Å². The summed E-state index contributed by atoms with van der Waals surface area (Å²) in [6, 6.07) is 4.11. The largest absolute Gasteiger partial charge is 0.401 e. The zero-order valence-corrected chi connectivity index (χ0v) is 14.8. The standard InChI is InChI=1S/C15H25F3N4S/c1-14(2,12-6-5-9-23-12)10-21-13(19-3)20-7-8-22(4)11-15(16,17)18/h5-6,9H,7-8,10-11H2,1-4H3,(H2,19,20,21). The van der Waals surface area contributed by atoms with E-state index in [4.69, 9.17) is 0 Å². The predicted octanol–water partition coefficient (Wildman–Crippen LogP) is 2.68. The van der Waals surface area contributed by atoms with Crippen LogP contribution in [0.4, 0.5) is 13.2 Å². The highest BCUT2D eigenvalue weighted by Gasteiger charge is 2.28. The van der Waals surface area contributed by atoms with Crippen molar-refractivity contribution in [2.45, 2.75) is 25.4 Å². The Labute approximate surface area is 139 Å². The molecule has 132 valence electrons. The average Bonchev–Trinajstić information content (AvgIpc) is 2.95. The molecule has 0 aromatic carbocycles. The molecule has 0 amide bonds. The van der Waals surface area contributed by atoms with Crippen LogP contribution in [-0.2, 0) is 5.41 Å². The first kappa shape index (κ1) is 19.8. The Morgan fingerprint density at radius 1 is 1.30 bits per heavy atom. The molecule has 0 fully saturated rings. The summed E-state index contributed by atoms with van der Waals surface area (Å²) >= 11 is 1.70. The van der Waals surface area contributed by atoms with E-state index in [1.807, 2.05) is 11.4 Å². The van der Waals surface area contributed by atoms with Crippen molar-refractivity contribution in [3.05, 3.63) is 22.4 Å². The SMILES string of the molecule is CN=C(NCCN(C)CC(F)(F)F)NCC(C)(C)c1cccs1. The van der Waals surface area contributed by atoms with Crippen LogP contribution in [0.5, 0.6) is 0 Å². The highest BCUT2D eigenvalue weighted by atomic mass is 32.1. The highest BCUT2D eigenvalue weighted by Crippen LogP contribution is 2.26. The van der Waals surface area contributed by atoms with Crippen LogP contribution in [0.25, 0.3) is 0 Å². The summed E-state index contributed by atoms with van der Waals surface area (Å²) < 4.78 is 36.7. The molecule has 0 radical (unpaired) electrons. The average molecular weight is 350 g/mol. The Hall–Kier alpha value is -1.28. The van der Waals surface area contributed by atoms with Crippen LogP contribution in [-0.4, -0.2) is 57.3 Å². The summed E-state index contributed by atoms with van der Waals surface area (Å²) in [5, 5.41) is 8.30. The van der Waals surface area contributed by atoms with E-state index < -0.39 is 12.7 Å². The lowest BCUT2D eigenvalue weighted by molar-refractivity contribution is -0.142. The molecule has 0 saturated heterocycles. The lowest BCUT2D eigenvalue weighted by atomic mass is 9.91. The van der Waals surface area contributed by atoms with Gasteiger partial charge in [0.1, 0.15) is 0 Å². The van der Waals surface area contributed by atoms with Gasteiger partial charge in [-0.2, -0.15) is 13.2 Å². The molecule has 4 nitrogen and oxygen atoms in total. The van der Waals surface area contributed by atoms with Crippen LogP contribution >= 0.6 is 11.3 Å². The summed E-state index contributed by atoms with van der Waals surface area (Å²) in [6.07, 6.45) is -4.17. The second-order valence-corrected chi connectivity index (χ2v) is 7.01. The molecular weight excluding hydrogens is 325 g/mol. The van der Waals surface area contributed by atoms with E-state index in [9.17, 15) is 13.2 Å². The van der Waals surface area contributed by atoms with E-state index in [2.05, 4.69) is 35.5 Å². The number of aliphatic imine (C=N–C) groups is 1. The lowest BCUT2D eigenvalue weighted by Gasteiger charge is -2.25. The Morgan fingerprint density at radius 3 is 2.52 bits per heavy atom. The molecule has 0 atom stereocenters. The van der Waals surface area contributed by atoms with E-state index >= 15 is 0 Å². The summed E-state index contributed by atoms with van der Waals surface area (Å²) in [6.45, 7) is 4.73. The van der Waals surface area contributed by atoms with Gasteiger partial charge in [0, 0.05) is 37.0 Å². The van der Waals surface area contributed by atoms with Crippen LogP contribution in [0.2, 0.25) is 0 Å². The Bertz CT molecular complexity index is 483. The minimum atomic E-state index is -4.17. The van der Waals surface area contributed by atoms with Gasteiger partial charge in [-0.05, 0) is 18.5 Å². The van der Waals surface area contributed by atoms with Crippen LogP contribution in [0.3, 0.4) is 0 Å². The number of thiophene rings is 1. The van der Waals surface area contributed by atoms with Gasteiger partial charge in [-0.25, -0.2) is 0 Å². The van der Waals surface area contributed by atoms with Crippen molar-refractivity contribution in [2.24, 2.45) is 4.99 Å². The zero-order valence-electron chi connectivity index (χ0n) is 14.0. The summed E-state index contributed by atoms with van der Waals surface area (Å²) in [5.74, 6) is 0.593. The number of nitrogens with one attached hydrogen (secondary N) is 2. The van der Waals surface area contributed by atoms with E-state index in [0.717, 1.165) is 0 Å². The number of hydrogen-bond donors (Lipinski definition) is 2. The Morgan fingerprint density at radius 2 is 2.00 bits per heavy atom. The number of rotatable bonds is 7. The van der Waals surface area contributed by atoms with Gasteiger partial charge in [0.05, 0.1) is 6.54 Å². The molecule has 0 aliphatic carbocycles. The maximum absolute atomic E-state index is 12.2. The molecule has 1 aromatic rings. The predicted molar refractivity (Wildman–Crippen MR) is 90.3 cm³/mol. The Balaban J connectivity index is 2.35. The molecule has 0 aliphatic rings. The number of nitrogens with zero attached hydrogens (tertiary/aromatic N) is 2. The first-order valence-corrected chi connectivity index (χ1v) is 8.26. The first-order chi connectivity index (χ1) is 10.6. The van der Waals surface area contributed by atoms with E-state index in [1.54, 1.807) is 18.4 Å². The molecule has 2 N–H and O–H groups in total. The molecule has 0 unspecified atom stereocenters. The number of guanidine groups is 1.